The molecule has 0 N–H and O–H groups in total. The van der Waals surface area contributed by atoms with Crippen molar-refractivity contribution in [3.63, 3.8) is 0 Å². The Bertz CT molecular complexity index is 1040. The van der Waals surface area contributed by atoms with Gasteiger partial charge in [-0.1, -0.05) is 55.1 Å². The molecule has 1 amide bonds. The zero-order valence-corrected chi connectivity index (χ0v) is 18.5. The normalized spacial score (nSPS) is 11.6. The Hall–Kier alpha value is -3.10. The standard InChI is InChI=1S/C25H25N3OS/c1-5-23(30-24-22(16-26)18(3)17(2)19(4)27-24)25(29)28(20-12-8-6-9-13-20)21-14-10-7-11-15-21/h6-15,23H,5H2,1-4H3. The number of hydrogen-bond acceptors (Lipinski definition) is 4. The average Bonchev–Trinajstić information content (AvgIpc) is 2.77. The van der Waals surface area contributed by atoms with Gasteiger partial charge in [-0.25, -0.2) is 4.98 Å². The fourth-order valence-corrected chi connectivity index (χ4v) is 4.42. The molecule has 0 radical (unpaired) electrons. The van der Waals surface area contributed by atoms with Crippen molar-refractivity contribution in [2.45, 2.75) is 44.4 Å². The van der Waals surface area contributed by atoms with Crippen LogP contribution in [-0.4, -0.2) is 16.1 Å². The van der Waals surface area contributed by atoms with E-state index in [0.717, 1.165) is 28.2 Å². The number of hydrogen-bond donors (Lipinski definition) is 0. The Morgan fingerprint density at radius 1 is 1.00 bits per heavy atom. The minimum absolute atomic E-state index is 0.0264. The van der Waals surface area contributed by atoms with Crippen molar-refractivity contribution in [2.24, 2.45) is 0 Å². The van der Waals surface area contributed by atoms with Gasteiger partial charge in [-0.15, -0.1) is 0 Å². The van der Waals surface area contributed by atoms with Gasteiger partial charge in [0, 0.05) is 17.1 Å². The van der Waals surface area contributed by atoms with Gasteiger partial charge in [-0.3, -0.25) is 9.69 Å². The van der Waals surface area contributed by atoms with Crippen LogP contribution in [0.4, 0.5) is 11.4 Å². The molecule has 0 saturated carbocycles. The van der Waals surface area contributed by atoms with Crippen molar-refractivity contribution < 1.29 is 4.79 Å². The monoisotopic (exact) mass is 415 g/mol. The minimum atomic E-state index is -0.369. The van der Waals surface area contributed by atoms with Crippen LogP contribution in [0.1, 0.15) is 35.7 Å². The van der Waals surface area contributed by atoms with Crippen molar-refractivity contribution in [1.29, 1.82) is 5.26 Å². The molecule has 1 aromatic heterocycles. The maximum Gasteiger partial charge on any atom is 0.245 e. The van der Waals surface area contributed by atoms with Crippen LogP contribution in [0.5, 0.6) is 0 Å². The van der Waals surface area contributed by atoms with Gasteiger partial charge in [0.1, 0.15) is 11.1 Å². The number of pyridine rings is 1. The van der Waals surface area contributed by atoms with E-state index in [9.17, 15) is 10.1 Å². The molecule has 30 heavy (non-hydrogen) atoms. The fraction of sp³-hybridized carbons (Fsp3) is 0.240. The zero-order chi connectivity index (χ0) is 21.7. The number of anilines is 2. The molecule has 3 rings (SSSR count). The molecule has 1 atom stereocenters. The number of benzene rings is 2. The average molecular weight is 416 g/mol. The number of carbonyl (C=O) groups is 1. The van der Waals surface area contributed by atoms with Crippen molar-refractivity contribution in [3.8, 4) is 6.07 Å². The zero-order valence-electron chi connectivity index (χ0n) is 17.7. The number of nitriles is 1. The molecule has 0 saturated heterocycles. The molecule has 152 valence electrons. The number of aromatic nitrogens is 1. The Balaban J connectivity index is 2.01. The third-order valence-electron chi connectivity index (χ3n) is 5.22. The predicted octanol–water partition coefficient (Wildman–Crippen LogP) is 6.11. The Kier molecular flexibility index (Phi) is 6.91. The lowest BCUT2D eigenvalue weighted by atomic mass is 10.1. The van der Waals surface area contributed by atoms with Crippen molar-refractivity contribution in [1.82, 2.24) is 4.98 Å². The van der Waals surface area contributed by atoms with E-state index in [4.69, 9.17) is 0 Å². The highest BCUT2D eigenvalue weighted by Gasteiger charge is 2.28. The van der Waals surface area contributed by atoms with Crippen LogP contribution in [0, 0.1) is 32.1 Å². The molecule has 0 spiro atoms. The second-order valence-electron chi connectivity index (χ2n) is 7.10. The van der Waals surface area contributed by atoms with Gasteiger partial charge in [0.15, 0.2) is 0 Å². The molecule has 2 aromatic carbocycles. The number of nitrogens with zero attached hydrogens (tertiary/aromatic N) is 3. The molecule has 0 fully saturated rings. The second-order valence-corrected chi connectivity index (χ2v) is 8.29. The molecule has 1 unspecified atom stereocenters. The van der Waals surface area contributed by atoms with Crippen LogP contribution in [-0.2, 0) is 4.79 Å². The second kappa shape index (κ2) is 9.60. The first kappa shape index (κ1) is 21.6. The number of rotatable bonds is 6. The van der Waals surface area contributed by atoms with E-state index in [1.165, 1.54) is 11.8 Å². The Labute approximate surface area is 182 Å². The summed E-state index contributed by atoms with van der Waals surface area (Å²) in [6, 6.07) is 21.6. The van der Waals surface area contributed by atoms with Crippen molar-refractivity contribution in [2.75, 3.05) is 4.90 Å². The summed E-state index contributed by atoms with van der Waals surface area (Å²) in [6.45, 7) is 7.85. The van der Waals surface area contributed by atoms with Crippen molar-refractivity contribution in [3.05, 3.63) is 83.0 Å². The molecule has 0 aliphatic heterocycles. The summed E-state index contributed by atoms with van der Waals surface area (Å²) in [4.78, 5) is 20.1. The largest absolute Gasteiger partial charge is 0.280 e. The number of amides is 1. The third-order valence-corrected chi connectivity index (χ3v) is 6.56. The maximum atomic E-state index is 13.7. The van der Waals surface area contributed by atoms with E-state index in [-0.39, 0.29) is 11.2 Å². The molecule has 5 heteroatoms. The summed E-state index contributed by atoms with van der Waals surface area (Å²) in [5.41, 5.74) is 5.03. The number of para-hydroxylation sites is 2. The summed E-state index contributed by atoms with van der Waals surface area (Å²) in [5, 5.41) is 9.96. The first-order valence-electron chi connectivity index (χ1n) is 9.96. The summed E-state index contributed by atoms with van der Waals surface area (Å²) in [7, 11) is 0. The van der Waals surface area contributed by atoms with Gasteiger partial charge in [-0.05, 0) is 62.6 Å². The predicted molar refractivity (Wildman–Crippen MR) is 123 cm³/mol. The van der Waals surface area contributed by atoms with Crippen LogP contribution in [0.2, 0.25) is 0 Å². The van der Waals surface area contributed by atoms with Crippen LogP contribution >= 0.6 is 11.8 Å². The van der Waals surface area contributed by atoms with E-state index in [1.807, 2.05) is 88.4 Å². The number of carbonyl (C=O) groups excluding carboxylic acids is 1. The molecular weight excluding hydrogens is 390 g/mol. The van der Waals surface area contributed by atoms with Gasteiger partial charge in [0.05, 0.1) is 10.8 Å². The lowest BCUT2D eigenvalue weighted by Crippen LogP contribution is -2.34. The molecule has 0 bridgehead atoms. The van der Waals surface area contributed by atoms with E-state index < -0.39 is 0 Å². The Morgan fingerprint density at radius 2 is 1.53 bits per heavy atom. The number of thioether (sulfide) groups is 1. The van der Waals surface area contributed by atoms with Gasteiger partial charge in [0.2, 0.25) is 5.91 Å². The molecule has 0 aliphatic carbocycles. The summed E-state index contributed by atoms with van der Waals surface area (Å²) >= 11 is 1.38. The first-order chi connectivity index (χ1) is 14.5. The van der Waals surface area contributed by atoms with Crippen LogP contribution < -0.4 is 4.90 Å². The van der Waals surface area contributed by atoms with Gasteiger partial charge in [0.25, 0.3) is 0 Å². The highest BCUT2D eigenvalue weighted by Crippen LogP contribution is 2.34. The van der Waals surface area contributed by atoms with Crippen LogP contribution in [0.15, 0.2) is 65.7 Å². The van der Waals surface area contributed by atoms with Crippen LogP contribution in [0.25, 0.3) is 0 Å². The third kappa shape index (κ3) is 4.39. The summed E-state index contributed by atoms with van der Waals surface area (Å²) in [6.07, 6.45) is 0.623. The summed E-state index contributed by atoms with van der Waals surface area (Å²) in [5.74, 6) is -0.0264. The highest BCUT2D eigenvalue weighted by atomic mass is 32.2. The van der Waals surface area contributed by atoms with Gasteiger partial charge < -0.3 is 0 Å². The SMILES string of the molecule is CCC(Sc1nc(C)c(C)c(C)c1C#N)C(=O)N(c1ccccc1)c1ccccc1. The maximum absolute atomic E-state index is 13.7. The molecular formula is C25H25N3OS. The molecule has 0 aliphatic rings. The summed E-state index contributed by atoms with van der Waals surface area (Å²) < 4.78 is 0. The van der Waals surface area contributed by atoms with Crippen LogP contribution in [0.3, 0.4) is 0 Å². The minimum Gasteiger partial charge on any atom is -0.280 e. The molecule has 1 heterocycles. The lowest BCUT2D eigenvalue weighted by molar-refractivity contribution is -0.117. The molecule has 4 nitrogen and oxygen atoms in total. The Morgan fingerprint density at radius 3 is 2.00 bits per heavy atom. The van der Waals surface area contributed by atoms with E-state index in [2.05, 4.69) is 11.1 Å². The van der Waals surface area contributed by atoms with E-state index in [1.54, 1.807) is 4.90 Å². The first-order valence-corrected chi connectivity index (χ1v) is 10.8. The molecule has 3 aromatic rings. The van der Waals surface area contributed by atoms with Gasteiger partial charge in [-0.2, -0.15) is 5.26 Å². The van der Waals surface area contributed by atoms with Gasteiger partial charge >= 0.3 is 0 Å². The highest BCUT2D eigenvalue weighted by molar-refractivity contribution is 8.00. The smallest absolute Gasteiger partial charge is 0.245 e. The van der Waals surface area contributed by atoms with E-state index >= 15 is 0 Å². The quantitative estimate of drug-likeness (QED) is 0.456. The lowest BCUT2D eigenvalue weighted by Gasteiger charge is -2.27. The number of aryl methyl sites for hydroxylation is 1. The fourth-order valence-electron chi connectivity index (χ4n) is 3.27. The topological polar surface area (TPSA) is 57.0 Å². The van der Waals surface area contributed by atoms with Crippen molar-refractivity contribution >= 4 is 29.0 Å². The van der Waals surface area contributed by atoms with E-state index in [0.29, 0.717) is 17.0 Å².